The largest absolute Gasteiger partial charge is 0.496 e. The van der Waals surface area contributed by atoms with Gasteiger partial charge in [-0.3, -0.25) is 0 Å². The van der Waals surface area contributed by atoms with Gasteiger partial charge in [0.25, 0.3) is 0 Å². The minimum Gasteiger partial charge on any atom is -0.496 e. The second-order valence-electron chi connectivity index (χ2n) is 4.03. The molecule has 1 aliphatic heterocycles. The molecule has 0 radical (unpaired) electrons. The molecule has 82 valence electrons. The highest BCUT2D eigenvalue weighted by Gasteiger charge is 2.21. The highest BCUT2D eigenvalue weighted by atomic mass is 19.1. The van der Waals surface area contributed by atoms with E-state index < -0.39 is 0 Å². The number of aryl methyl sites for hydroxylation is 1. The highest BCUT2D eigenvalue weighted by Crippen LogP contribution is 2.32. The number of benzene rings is 1. The van der Waals surface area contributed by atoms with Gasteiger partial charge in [0.1, 0.15) is 11.6 Å². The molecule has 1 saturated heterocycles. The first-order chi connectivity index (χ1) is 7.22. The summed E-state index contributed by atoms with van der Waals surface area (Å²) in [5.41, 5.74) is 1.63. The van der Waals surface area contributed by atoms with Crippen LogP contribution in [0.4, 0.5) is 4.39 Å². The molecule has 1 N–H and O–H groups in total. The predicted molar refractivity (Wildman–Crippen MR) is 57.9 cm³/mol. The van der Waals surface area contributed by atoms with Crippen LogP contribution in [0.1, 0.15) is 23.5 Å². The van der Waals surface area contributed by atoms with Crippen molar-refractivity contribution in [2.45, 2.75) is 19.3 Å². The third-order valence-corrected chi connectivity index (χ3v) is 3.01. The first-order valence-electron chi connectivity index (χ1n) is 5.27. The lowest BCUT2D eigenvalue weighted by Crippen LogP contribution is -2.09. The Morgan fingerprint density at radius 2 is 2.27 bits per heavy atom. The molecule has 1 fully saturated rings. The normalized spacial score (nSPS) is 20.6. The van der Waals surface area contributed by atoms with Crippen LogP contribution in [0.25, 0.3) is 0 Å². The molecule has 15 heavy (non-hydrogen) atoms. The Kier molecular flexibility index (Phi) is 2.91. The van der Waals surface area contributed by atoms with E-state index in [2.05, 4.69) is 5.32 Å². The van der Waals surface area contributed by atoms with E-state index in [0.29, 0.717) is 11.5 Å². The van der Waals surface area contributed by atoms with E-state index in [0.717, 1.165) is 30.8 Å². The van der Waals surface area contributed by atoms with Gasteiger partial charge in [0.2, 0.25) is 0 Å². The fraction of sp³-hybridized carbons (Fsp3) is 0.500. The van der Waals surface area contributed by atoms with Crippen molar-refractivity contribution in [3.8, 4) is 5.75 Å². The molecule has 0 saturated carbocycles. The smallest absolute Gasteiger partial charge is 0.126 e. The maximum absolute atomic E-state index is 13.5. The lowest BCUT2D eigenvalue weighted by molar-refractivity contribution is 0.404. The maximum atomic E-state index is 13.5. The molecular formula is C12H16FNO. The summed E-state index contributed by atoms with van der Waals surface area (Å²) in [5, 5.41) is 3.28. The molecule has 1 aromatic carbocycles. The minimum absolute atomic E-state index is 0.141. The Bertz CT molecular complexity index is 359. The van der Waals surface area contributed by atoms with Crippen molar-refractivity contribution < 1.29 is 9.13 Å². The zero-order chi connectivity index (χ0) is 10.8. The van der Waals surface area contributed by atoms with Gasteiger partial charge in [0.15, 0.2) is 0 Å². The van der Waals surface area contributed by atoms with Crippen LogP contribution in [0.3, 0.4) is 0 Å². The molecular weight excluding hydrogens is 193 g/mol. The van der Waals surface area contributed by atoms with Crippen molar-refractivity contribution in [3.05, 3.63) is 29.1 Å². The molecule has 0 bridgehead atoms. The Morgan fingerprint density at radius 1 is 1.47 bits per heavy atom. The molecule has 1 aliphatic rings. The lowest BCUT2D eigenvalue weighted by atomic mass is 9.96. The molecule has 2 nitrogen and oxygen atoms in total. The topological polar surface area (TPSA) is 21.3 Å². The molecule has 0 amide bonds. The van der Waals surface area contributed by atoms with E-state index in [9.17, 15) is 4.39 Å². The first-order valence-corrected chi connectivity index (χ1v) is 5.27. The summed E-state index contributed by atoms with van der Waals surface area (Å²) >= 11 is 0. The molecule has 1 aromatic rings. The Balaban J connectivity index is 2.39. The first kappa shape index (κ1) is 10.4. The van der Waals surface area contributed by atoms with E-state index in [1.54, 1.807) is 26.2 Å². The highest BCUT2D eigenvalue weighted by molar-refractivity contribution is 5.41. The van der Waals surface area contributed by atoms with Crippen molar-refractivity contribution in [3.63, 3.8) is 0 Å². The molecule has 2 rings (SSSR count). The Hall–Kier alpha value is -1.09. The van der Waals surface area contributed by atoms with Crippen LogP contribution >= 0.6 is 0 Å². The Morgan fingerprint density at radius 3 is 2.87 bits per heavy atom. The average Bonchev–Trinajstić information content (AvgIpc) is 2.74. The van der Waals surface area contributed by atoms with Gasteiger partial charge >= 0.3 is 0 Å². The van der Waals surface area contributed by atoms with Crippen molar-refractivity contribution in [2.75, 3.05) is 20.2 Å². The summed E-state index contributed by atoms with van der Waals surface area (Å²) in [6, 6.07) is 3.40. The number of rotatable bonds is 2. The van der Waals surface area contributed by atoms with Gasteiger partial charge in [0.05, 0.1) is 7.11 Å². The number of hydrogen-bond donors (Lipinski definition) is 1. The summed E-state index contributed by atoms with van der Waals surface area (Å²) in [7, 11) is 1.64. The number of ether oxygens (including phenoxy) is 1. The van der Waals surface area contributed by atoms with Gasteiger partial charge in [-0.15, -0.1) is 0 Å². The van der Waals surface area contributed by atoms with Crippen molar-refractivity contribution >= 4 is 0 Å². The van der Waals surface area contributed by atoms with Crippen LogP contribution in [0.15, 0.2) is 12.1 Å². The van der Waals surface area contributed by atoms with E-state index in [1.165, 1.54) is 0 Å². The van der Waals surface area contributed by atoms with Crippen LogP contribution in [0, 0.1) is 12.7 Å². The van der Waals surface area contributed by atoms with Gasteiger partial charge in [-0.1, -0.05) is 0 Å². The second-order valence-corrected chi connectivity index (χ2v) is 4.03. The third-order valence-electron chi connectivity index (χ3n) is 3.01. The molecule has 0 aromatic heterocycles. The number of halogens is 1. The summed E-state index contributed by atoms with van der Waals surface area (Å²) in [6.45, 7) is 3.68. The van der Waals surface area contributed by atoms with Gasteiger partial charge < -0.3 is 10.1 Å². The Labute approximate surface area is 89.4 Å². The maximum Gasteiger partial charge on any atom is 0.126 e. The van der Waals surface area contributed by atoms with Crippen molar-refractivity contribution in [2.24, 2.45) is 0 Å². The number of methoxy groups -OCH3 is 1. The molecule has 1 atom stereocenters. The van der Waals surface area contributed by atoms with E-state index in [1.807, 2.05) is 0 Å². The standard InChI is InChI=1S/C12H16FNO/c1-8-5-12(15-2)10(6-11(8)13)9-3-4-14-7-9/h5-6,9,14H,3-4,7H2,1-2H3. The van der Waals surface area contributed by atoms with Crippen LogP contribution < -0.4 is 10.1 Å². The van der Waals surface area contributed by atoms with Crippen LogP contribution in [-0.2, 0) is 0 Å². The molecule has 0 aliphatic carbocycles. The van der Waals surface area contributed by atoms with Crippen molar-refractivity contribution in [1.29, 1.82) is 0 Å². The van der Waals surface area contributed by atoms with Crippen LogP contribution in [0.5, 0.6) is 5.75 Å². The second kappa shape index (κ2) is 4.19. The fourth-order valence-electron chi connectivity index (χ4n) is 2.09. The summed E-state index contributed by atoms with van der Waals surface area (Å²) in [5.74, 6) is 1.05. The van der Waals surface area contributed by atoms with E-state index >= 15 is 0 Å². The van der Waals surface area contributed by atoms with E-state index in [4.69, 9.17) is 4.74 Å². The van der Waals surface area contributed by atoms with Crippen LogP contribution in [0.2, 0.25) is 0 Å². The summed E-state index contributed by atoms with van der Waals surface area (Å²) in [4.78, 5) is 0. The average molecular weight is 209 g/mol. The van der Waals surface area contributed by atoms with Gasteiger partial charge in [0, 0.05) is 18.0 Å². The third kappa shape index (κ3) is 1.97. The van der Waals surface area contributed by atoms with Gasteiger partial charge in [-0.25, -0.2) is 4.39 Å². The SMILES string of the molecule is COc1cc(C)c(F)cc1C1CCNC1. The van der Waals surface area contributed by atoms with E-state index in [-0.39, 0.29) is 5.82 Å². The summed E-state index contributed by atoms with van der Waals surface area (Å²) < 4.78 is 18.8. The van der Waals surface area contributed by atoms with Gasteiger partial charge in [-0.2, -0.15) is 0 Å². The molecule has 1 heterocycles. The van der Waals surface area contributed by atoms with Crippen LogP contribution in [-0.4, -0.2) is 20.2 Å². The summed E-state index contributed by atoms with van der Waals surface area (Å²) in [6.07, 6.45) is 1.05. The number of hydrogen-bond acceptors (Lipinski definition) is 2. The zero-order valence-electron chi connectivity index (χ0n) is 9.14. The molecule has 0 spiro atoms. The number of nitrogens with one attached hydrogen (secondary N) is 1. The monoisotopic (exact) mass is 209 g/mol. The van der Waals surface area contributed by atoms with Crippen molar-refractivity contribution in [1.82, 2.24) is 5.32 Å². The minimum atomic E-state index is -0.141. The lowest BCUT2D eigenvalue weighted by Gasteiger charge is -2.15. The fourth-order valence-corrected chi connectivity index (χ4v) is 2.09. The molecule has 3 heteroatoms. The zero-order valence-corrected chi connectivity index (χ0v) is 9.14. The quantitative estimate of drug-likeness (QED) is 0.806. The van der Waals surface area contributed by atoms with Gasteiger partial charge in [-0.05, 0) is 37.6 Å². The molecule has 1 unspecified atom stereocenters. The predicted octanol–water partition coefficient (Wildman–Crippen LogP) is 2.22.